The second-order valence-corrected chi connectivity index (χ2v) is 4.47. The third-order valence-corrected chi connectivity index (χ3v) is 2.86. The maximum atomic E-state index is 10.9. The lowest BCUT2D eigenvalue weighted by atomic mass is 10.2. The van der Waals surface area contributed by atoms with Crippen molar-refractivity contribution in [2.75, 3.05) is 6.61 Å². The predicted octanol–water partition coefficient (Wildman–Crippen LogP) is 3.53. The number of aromatic carboxylic acids is 1. The number of aryl methyl sites for hydroxylation is 1. The number of carboxylic acids is 1. The van der Waals surface area contributed by atoms with E-state index in [2.05, 4.69) is 11.9 Å². The Kier molecular flexibility index (Phi) is 4.40. The first-order valence-electron chi connectivity index (χ1n) is 6.55. The van der Waals surface area contributed by atoms with E-state index in [1.165, 1.54) is 0 Å². The first-order valence-corrected chi connectivity index (χ1v) is 6.55. The molecule has 0 saturated heterocycles. The molecule has 5 nitrogen and oxygen atoms in total. The van der Waals surface area contributed by atoms with Crippen molar-refractivity contribution in [3.05, 3.63) is 35.7 Å². The van der Waals surface area contributed by atoms with E-state index in [-0.39, 0.29) is 5.76 Å². The molecule has 0 spiro atoms. The largest absolute Gasteiger partial charge is 0.494 e. The summed E-state index contributed by atoms with van der Waals surface area (Å²) in [6.45, 7) is 4.41. The van der Waals surface area contributed by atoms with Gasteiger partial charge in [0.2, 0.25) is 11.7 Å². The Morgan fingerprint density at radius 1 is 1.35 bits per heavy atom. The summed E-state index contributed by atoms with van der Waals surface area (Å²) in [5.41, 5.74) is 1.10. The van der Waals surface area contributed by atoms with Gasteiger partial charge in [0.25, 0.3) is 0 Å². The zero-order chi connectivity index (χ0) is 14.5. The summed E-state index contributed by atoms with van der Waals surface area (Å²) in [5, 5.41) is 8.94. The molecule has 20 heavy (non-hydrogen) atoms. The average Bonchev–Trinajstić information content (AvgIpc) is 2.82. The number of benzene rings is 1. The van der Waals surface area contributed by atoms with Gasteiger partial charge in [-0.25, -0.2) is 9.78 Å². The van der Waals surface area contributed by atoms with Crippen LogP contribution in [0.1, 0.15) is 36.0 Å². The molecule has 5 heteroatoms. The molecule has 1 aromatic heterocycles. The van der Waals surface area contributed by atoms with Gasteiger partial charge < -0.3 is 14.3 Å². The smallest absolute Gasteiger partial charge is 0.373 e. The van der Waals surface area contributed by atoms with Crippen molar-refractivity contribution in [2.45, 2.75) is 26.7 Å². The molecule has 1 N–H and O–H groups in total. The number of ether oxygens (including phenoxy) is 1. The Morgan fingerprint density at radius 2 is 2.05 bits per heavy atom. The number of oxazole rings is 1. The van der Waals surface area contributed by atoms with Gasteiger partial charge in [-0.3, -0.25) is 0 Å². The summed E-state index contributed by atoms with van der Waals surface area (Å²) >= 11 is 0. The van der Waals surface area contributed by atoms with E-state index in [0.29, 0.717) is 18.2 Å². The van der Waals surface area contributed by atoms with Crippen molar-refractivity contribution in [2.24, 2.45) is 0 Å². The fourth-order valence-corrected chi connectivity index (χ4v) is 1.75. The molecule has 106 valence electrons. The van der Waals surface area contributed by atoms with Crippen LogP contribution >= 0.6 is 0 Å². The molecule has 0 aliphatic heterocycles. The van der Waals surface area contributed by atoms with Crippen molar-refractivity contribution in [3.8, 4) is 17.2 Å². The average molecular weight is 275 g/mol. The number of aromatic nitrogens is 1. The van der Waals surface area contributed by atoms with E-state index >= 15 is 0 Å². The SMILES string of the molecule is CCCCOc1ccc(-c2nc(C)c(C(=O)O)o2)cc1. The fourth-order valence-electron chi connectivity index (χ4n) is 1.75. The Balaban J connectivity index is 2.13. The predicted molar refractivity (Wildman–Crippen MR) is 74.0 cm³/mol. The molecule has 0 unspecified atom stereocenters. The summed E-state index contributed by atoms with van der Waals surface area (Å²) in [5.74, 6) is -0.145. The minimum absolute atomic E-state index is 0.122. The zero-order valence-electron chi connectivity index (χ0n) is 11.5. The highest BCUT2D eigenvalue weighted by Gasteiger charge is 2.17. The number of nitrogens with zero attached hydrogens (tertiary/aromatic N) is 1. The van der Waals surface area contributed by atoms with Crippen molar-refractivity contribution in [3.63, 3.8) is 0 Å². The number of unbranched alkanes of at least 4 members (excludes halogenated alkanes) is 1. The van der Waals surface area contributed by atoms with E-state index in [4.69, 9.17) is 14.3 Å². The van der Waals surface area contributed by atoms with Gasteiger partial charge in [-0.05, 0) is 37.6 Å². The molecule has 0 aliphatic rings. The third kappa shape index (κ3) is 3.17. The standard InChI is InChI=1S/C15H17NO4/c1-3-4-9-19-12-7-5-11(6-8-12)14-16-10(2)13(20-14)15(17)18/h5-8H,3-4,9H2,1-2H3,(H,17,18). The summed E-state index contributed by atoms with van der Waals surface area (Å²) in [6, 6.07) is 7.26. The number of rotatable bonds is 6. The molecule has 0 amide bonds. The molecular weight excluding hydrogens is 258 g/mol. The molecule has 0 atom stereocenters. The van der Waals surface area contributed by atoms with E-state index in [1.807, 2.05) is 12.1 Å². The van der Waals surface area contributed by atoms with Crippen LogP contribution in [-0.4, -0.2) is 22.7 Å². The topological polar surface area (TPSA) is 72.6 Å². The van der Waals surface area contributed by atoms with Gasteiger partial charge in [-0.1, -0.05) is 13.3 Å². The summed E-state index contributed by atoms with van der Waals surface area (Å²) in [4.78, 5) is 15.0. The molecule has 2 aromatic rings. The van der Waals surface area contributed by atoms with Crippen LogP contribution in [0.2, 0.25) is 0 Å². The third-order valence-electron chi connectivity index (χ3n) is 2.86. The van der Waals surface area contributed by atoms with Crippen LogP contribution in [0, 0.1) is 6.92 Å². The lowest BCUT2D eigenvalue weighted by Gasteiger charge is -2.05. The fraction of sp³-hybridized carbons (Fsp3) is 0.333. The van der Waals surface area contributed by atoms with Crippen LogP contribution in [0.15, 0.2) is 28.7 Å². The van der Waals surface area contributed by atoms with Crippen LogP contribution < -0.4 is 4.74 Å². The van der Waals surface area contributed by atoms with Crippen LogP contribution in [0.4, 0.5) is 0 Å². The molecule has 0 radical (unpaired) electrons. The second kappa shape index (κ2) is 6.23. The van der Waals surface area contributed by atoms with Crippen LogP contribution in [0.5, 0.6) is 5.75 Å². The number of hydrogen-bond acceptors (Lipinski definition) is 4. The summed E-state index contributed by atoms with van der Waals surface area (Å²) < 4.78 is 10.8. The van der Waals surface area contributed by atoms with Crippen LogP contribution in [0.3, 0.4) is 0 Å². The number of hydrogen-bond donors (Lipinski definition) is 1. The van der Waals surface area contributed by atoms with Gasteiger partial charge in [-0.2, -0.15) is 0 Å². The summed E-state index contributed by atoms with van der Waals surface area (Å²) in [7, 11) is 0. The lowest BCUT2D eigenvalue weighted by molar-refractivity contribution is 0.0662. The molecule has 1 aromatic carbocycles. The Morgan fingerprint density at radius 3 is 2.60 bits per heavy atom. The minimum atomic E-state index is -1.11. The quantitative estimate of drug-likeness (QED) is 0.816. The van der Waals surface area contributed by atoms with E-state index in [9.17, 15) is 4.79 Å². The van der Waals surface area contributed by atoms with Gasteiger partial charge in [0.1, 0.15) is 5.75 Å². The van der Waals surface area contributed by atoms with Gasteiger partial charge in [0.15, 0.2) is 0 Å². The number of carbonyl (C=O) groups is 1. The molecule has 0 saturated carbocycles. The Bertz CT molecular complexity index is 586. The van der Waals surface area contributed by atoms with E-state index in [1.54, 1.807) is 19.1 Å². The molecule has 2 rings (SSSR count). The van der Waals surface area contributed by atoms with Gasteiger partial charge in [0, 0.05) is 5.56 Å². The lowest BCUT2D eigenvalue weighted by Crippen LogP contribution is -1.95. The molecule has 0 bridgehead atoms. The highest BCUT2D eigenvalue weighted by atomic mass is 16.5. The molecule has 0 aliphatic carbocycles. The minimum Gasteiger partial charge on any atom is -0.494 e. The van der Waals surface area contributed by atoms with Gasteiger partial charge >= 0.3 is 5.97 Å². The maximum Gasteiger partial charge on any atom is 0.373 e. The second-order valence-electron chi connectivity index (χ2n) is 4.47. The zero-order valence-corrected chi connectivity index (χ0v) is 11.5. The van der Waals surface area contributed by atoms with E-state index < -0.39 is 5.97 Å². The van der Waals surface area contributed by atoms with Crippen LogP contribution in [-0.2, 0) is 0 Å². The highest BCUT2D eigenvalue weighted by Crippen LogP contribution is 2.24. The monoisotopic (exact) mass is 275 g/mol. The first-order chi connectivity index (χ1) is 9.61. The van der Waals surface area contributed by atoms with Crippen LogP contribution in [0.25, 0.3) is 11.5 Å². The Hall–Kier alpha value is -2.30. The Labute approximate surface area is 117 Å². The molecule has 0 fully saturated rings. The maximum absolute atomic E-state index is 10.9. The first kappa shape index (κ1) is 14.1. The van der Waals surface area contributed by atoms with Crippen molar-refractivity contribution >= 4 is 5.97 Å². The van der Waals surface area contributed by atoms with Crippen molar-refractivity contribution < 1.29 is 19.1 Å². The van der Waals surface area contributed by atoms with Gasteiger partial charge in [-0.15, -0.1) is 0 Å². The normalized spacial score (nSPS) is 10.5. The molecular formula is C15H17NO4. The van der Waals surface area contributed by atoms with E-state index in [0.717, 1.165) is 24.2 Å². The highest BCUT2D eigenvalue weighted by molar-refractivity contribution is 5.86. The summed E-state index contributed by atoms with van der Waals surface area (Å²) in [6.07, 6.45) is 2.11. The van der Waals surface area contributed by atoms with Crippen molar-refractivity contribution in [1.82, 2.24) is 4.98 Å². The molecule has 1 heterocycles. The van der Waals surface area contributed by atoms with Crippen molar-refractivity contribution in [1.29, 1.82) is 0 Å². The van der Waals surface area contributed by atoms with Gasteiger partial charge in [0.05, 0.1) is 12.3 Å². The number of carboxylic acid groups (broad SMARTS) is 1.